The summed E-state index contributed by atoms with van der Waals surface area (Å²) in [4.78, 5) is 0. The van der Waals surface area contributed by atoms with Gasteiger partial charge in [-0.2, -0.15) is 0 Å². The van der Waals surface area contributed by atoms with E-state index in [9.17, 15) is 0 Å². The molecule has 0 atom stereocenters. The van der Waals surface area contributed by atoms with Gasteiger partial charge >= 0.3 is 0 Å². The SMILES string of the molecule is c1ccc(NCC2(c3ccccc3)CC2)cc1. The predicted molar refractivity (Wildman–Crippen MR) is 72.3 cm³/mol. The molecule has 1 heteroatoms. The minimum Gasteiger partial charge on any atom is -0.384 e. The molecule has 0 aromatic heterocycles. The lowest BCUT2D eigenvalue weighted by Crippen LogP contribution is -2.19. The third-order valence-corrected chi connectivity index (χ3v) is 3.64. The van der Waals surface area contributed by atoms with Crippen LogP contribution in [0.15, 0.2) is 60.7 Å². The maximum Gasteiger partial charge on any atom is 0.0340 e. The van der Waals surface area contributed by atoms with E-state index < -0.39 is 0 Å². The monoisotopic (exact) mass is 223 g/mol. The second kappa shape index (κ2) is 4.25. The summed E-state index contributed by atoms with van der Waals surface area (Å²) in [6.45, 7) is 1.04. The summed E-state index contributed by atoms with van der Waals surface area (Å²) in [7, 11) is 0. The summed E-state index contributed by atoms with van der Waals surface area (Å²) < 4.78 is 0. The van der Waals surface area contributed by atoms with Gasteiger partial charge in [0.1, 0.15) is 0 Å². The fourth-order valence-electron chi connectivity index (χ4n) is 2.34. The lowest BCUT2D eigenvalue weighted by molar-refractivity contribution is 0.733. The van der Waals surface area contributed by atoms with Crippen LogP contribution in [-0.2, 0) is 5.41 Å². The van der Waals surface area contributed by atoms with Crippen molar-refractivity contribution < 1.29 is 0 Å². The van der Waals surface area contributed by atoms with Crippen molar-refractivity contribution in [1.29, 1.82) is 0 Å². The number of nitrogens with one attached hydrogen (secondary N) is 1. The molecule has 86 valence electrons. The average Bonchev–Trinajstić information content (AvgIpc) is 3.20. The minimum absolute atomic E-state index is 0.386. The summed E-state index contributed by atoms with van der Waals surface area (Å²) in [5, 5.41) is 3.55. The summed E-state index contributed by atoms with van der Waals surface area (Å²) in [5.41, 5.74) is 3.08. The first-order valence-electron chi connectivity index (χ1n) is 6.24. The number of anilines is 1. The highest BCUT2D eigenvalue weighted by Gasteiger charge is 2.43. The maximum absolute atomic E-state index is 3.55. The molecule has 17 heavy (non-hydrogen) atoms. The summed E-state index contributed by atoms with van der Waals surface area (Å²) in [6.07, 6.45) is 2.60. The van der Waals surface area contributed by atoms with Gasteiger partial charge in [-0.25, -0.2) is 0 Å². The average molecular weight is 223 g/mol. The number of para-hydroxylation sites is 1. The molecule has 1 aliphatic carbocycles. The van der Waals surface area contributed by atoms with Gasteiger partial charge < -0.3 is 5.32 Å². The van der Waals surface area contributed by atoms with Crippen molar-refractivity contribution in [2.75, 3.05) is 11.9 Å². The molecule has 0 heterocycles. The van der Waals surface area contributed by atoms with E-state index in [1.165, 1.54) is 24.1 Å². The molecule has 0 bridgehead atoms. The van der Waals surface area contributed by atoms with E-state index in [-0.39, 0.29) is 0 Å². The van der Waals surface area contributed by atoms with Crippen LogP contribution in [0.25, 0.3) is 0 Å². The van der Waals surface area contributed by atoms with Crippen LogP contribution in [-0.4, -0.2) is 6.54 Å². The van der Waals surface area contributed by atoms with Gasteiger partial charge in [-0.3, -0.25) is 0 Å². The van der Waals surface area contributed by atoms with Crippen molar-refractivity contribution in [3.63, 3.8) is 0 Å². The molecule has 0 unspecified atom stereocenters. The zero-order valence-corrected chi connectivity index (χ0v) is 9.89. The van der Waals surface area contributed by atoms with E-state index >= 15 is 0 Å². The fraction of sp³-hybridized carbons (Fsp3) is 0.250. The summed E-state index contributed by atoms with van der Waals surface area (Å²) in [5.74, 6) is 0. The van der Waals surface area contributed by atoms with Crippen molar-refractivity contribution in [3.05, 3.63) is 66.2 Å². The molecule has 3 rings (SSSR count). The quantitative estimate of drug-likeness (QED) is 0.830. The lowest BCUT2D eigenvalue weighted by Gasteiger charge is -2.17. The highest BCUT2D eigenvalue weighted by Crippen LogP contribution is 2.48. The smallest absolute Gasteiger partial charge is 0.0340 e. The van der Waals surface area contributed by atoms with Crippen LogP contribution in [0.5, 0.6) is 0 Å². The highest BCUT2D eigenvalue weighted by molar-refractivity contribution is 5.45. The topological polar surface area (TPSA) is 12.0 Å². The number of hydrogen-bond acceptors (Lipinski definition) is 1. The van der Waals surface area contributed by atoms with E-state index in [4.69, 9.17) is 0 Å². The first-order chi connectivity index (χ1) is 8.39. The van der Waals surface area contributed by atoms with E-state index in [1.54, 1.807) is 0 Å². The number of hydrogen-bond donors (Lipinski definition) is 1. The molecule has 0 spiro atoms. The van der Waals surface area contributed by atoms with Gasteiger partial charge in [-0.05, 0) is 30.5 Å². The van der Waals surface area contributed by atoms with Crippen LogP contribution < -0.4 is 5.32 Å². The summed E-state index contributed by atoms with van der Waals surface area (Å²) in [6, 6.07) is 21.3. The van der Waals surface area contributed by atoms with Crippen molar-refractivity contribution in [1.82, 2.24) is 0 Å². The number of rotatable bonds is 4. The van der Waals surface area contributed by atoms with Gasteiger partial charge in [0, 0.05) is 17.6 Å². The van der Waals surface area contributed by atoms with E-state index in [1.807, 2.05) is 0 Å². The Morgan fingerprint density at radius 1 is 0.824 bits per heavy atom. The zero-order valence-electron chi connectivity index (χ0n) is 9.89. The fourth-order valence-corrected chi connectivity index (χ4v) is 2.34. The van der Waals surface area contributed by atoms with Gasteiger partial charge in [-0.15, -0.1) is 0 Å². The normalized spacial score (nSPS) is 16.5. The third kappa shape index (κ3) is 2.19. The molecular formula is C16H17N. The standard InChI is InChI=1S/C16H17N/c1-3-7-14(8-4-1)16(11-12-16)13-17-15-9-5-2-6-10-15/h1-10,17H,11-13H2. The predicted octanol–water partition coefficient (Wildman–Crippen LogP) is 3.83. The van der Waals surface area contributed by atoms with Crippen LogP contribution in [0, 0.1) is 0 Å². The Bertz CT molecular complexity index is 471. The first-order valence-corrected chi connectivity index (χ1v) is 6.24. The molecule has 1 saturated carbocycles. The molecule has 1 fully saturated rings. The largest absolute Gasteiger partial charge is 0.384 e. The van der Waals surface area contributed by atoms with Crippen LogP contribution in [0.2, 0.25) is 0 Å². The highest BCUT2D eigenvalue weighted by atomic mass is 14.9. The van der Waals surface area contributed by atoms with E-state index in [2.05, 4.69) is 66.0 Å². The molecular weight excluding hydrogens is 206 g/mol. The molecule has 1 aliphatic rings. The molecule has 2 aromatic rings. The Labute approximate surface area is 102 Å². The van der Waals surface area contributed by atoms with Crippen LogP contribution in [0.1, 0.15) is 18.4 Å². The molecule has 0 saturated heterocycles. The molecule has 0 amide bonds. The number of benzene rings is 2. The Morgan fingerprint density at radius 3 is 2.00 bits per heavy atom. The third-order valence-electron chi connectivity index (χ3n) is 3.64. The molecule has 0 radical (unpaired) electrons. The molecule has 2 aromatic carbocycles. The molecule has 1 N–H and O–H groups in total. The molecule has 1 nitrogen and oxygen atoms in total. The van der Waals surface area contributed by atoms with Gasteiger partial charge in [0.15, 0.2) is 0 Å². The molecule has 0 aliphatic heterocycles. The van der Waals surface area contributed by atoms with Crippen molar-refractivity contribution in [2.45, 2.75) is 18.3 Å². The van der Waals surface area contributed by atoms with Crippen LogP contribution in [0.3, 0.4) is 0 Å². The van der Waals surface area contributed by atoms with Gasteiger partial charge in [-0.1, -0.05) is 48.5 Å². The van der Waals surface area contributed by atoms with Gasteiger partial charge in [0.2, 0.25) is 0 Å². The Balaban J connectivity index is 1.70. The Kier molecular flexibility index (Phi) is 2.60. The minimum atomic E-state index is 0.386. The maximum atomic E-state index is 3.55. The Hall–Kier alpha value is -1.76. The first kappa shape index (κ1) is 10.4. The second-order valence-corrected chi connectivity index (χ2v) is 4.87. The van der Waals surface area contributed by atoms with Gasteiger partial charge in [0.25, 0.3) is 0 Å². The van der Waals surface area contributed by atoms with Crippen molar-refractivity contribution >= 4 is 5.69 Å². The van der Waals surface area contributed by atoms with E-state index in [0.717, 1.165) is 6.54 Å². The Morgan fingerprint density at radius 2 is 1.41 bits per heavy atom. The van der Waals surface area contributed by atoms with Crippen LogP contribution >= 0.6 is 0 Å². The van der Waals surface area contributed by atoms with Crippen molar-refractivity contribution in [3.8, 4) is 0 Å². The lowest BCUT2D eigenvalue weighted by atomic mass is 9.96. The van der Waals surface area contributed by atoms with E-state index in [0.29, 0.717) is 5.41 Å². The van der Waals surface area contributed by atoms with Crippen LogP contribution in [0.4, 0.5) is 5.69 Å². The zero-order chi connectivity index (χ0) is 11.6. The van der Waals surface area contributed by atoms with Gasteiger partial charge in [0.05, 0.1) is 0 Å². The summed E-state index contributed by atoms with van der Waals surface area (Å²) >= 11 is 0. The second-order valence-electron chi connectivity index (χ2n) is 4.87. The van der Waals surface area contributed by atoms with Crippen molar-refractivity contribution in [2.24, 2.45) is 0 Å².